The number of hydrogen-bond acceptors (Lipinski definition) is 7. The van der Waals surface area contributed by atoms with Gasteiger partial charge in [0.15, 0.2) is 0 Å². The zero-order valence-corrected chi connectivity index (χ0v) is 18.0. The maximum Gasteiger partial charge on any atom is 0.270 e. The van der Waals surface area contributed by atoms with E-state index in [1.165, 1.54) is 38.4 Å². The standard InChI is InChI=1S/C24H28N6O2/c31-30(32)22-10-5-8-20(18-22)19-7-4-9-21(17-19)27-24-26-13-11-23(28-24)25-12-6-16-29-14-2-1-3-15-29/h4-5,7-11,13,17-18H,1-3,6,12,14-16H2,(H2,25,26,27,28). The summed E-state index contributed by atoms with van der Waals surface area (Å²) in [6.45, 7) is 4.43. The second-order valence-electron chi connectivity index (χ2n) is 7.96. The van der Waals surface area contributed by atoms with Gasteiger partial charge in [-0.3, -0.25) is 10.1 Å². The maximum absolute atomic E-state index is 11.1. The van der Waals surface area contributed by atoms with Gasteiger partial charge in [-0.2, -0.15) is 4.98 Å². The number of aromatic nitrogens is 2. The lowest BCUT2D eigenvalue weighted by Gasteiger charge is -2.26. The van der Waals surface area contributed by atoms with E-state index in [9.17, 15) is 10.1 Å². The van der Waals surface area contributed by atoms with Gasteiger partial charge in [0.05, 0.1) is 4.92 Å². The average molecular weight is 433 g/mol. The van der Waals surface area contributed by atoms with E-state index in [4.69, 9.17) is 0 Å². The zero-order chi connectivity index (χ0) is 22.2. The van der Waals surface area contributed by atoms with E-state index in [1.54, 1.807) is 18.3 Å². The SMILES string of the molecule is O=[N+]([O-])c1cccc(-c2cccc(Nc3nccc(NCCCN4CCCCC4)n3)c2)c1. The molecule has 0 spiro atoms. The summed E-state index contributed by atoms with van der Waals surface area (Å²) in [7, 11) is 0. The highest BCUT2D eigenvalue weighted by Gasteiger charge is 2.10. The summed E-state index contributed by atoms with van der Waals surface area (Å²) in [6, 6.07) is 16.2. The number of piperidine rings is 1. The number of nitrogens with one attached hydrogen (secondary N) is 2. The first-order chi connectivity index (χ1) is 15.7. The molecular formula is C24H28N6O2. The quantitative estimate of drug-likeness (QED) is 0.276. The second kappa shape index (κ2) is 10.7. The fraction of sp³-hybridized carbons (Fsp3) is 0.333. The van der Waals surface area contributed by atoms with Crippen molar-refractivity contribution in [3.8, 4) is 11.1 Å². The summed E-state index contributed by atoms with van der Waals surface area (Å²) in [5.74, 6) is 1.29. The van der Waals surface area contributed by atoms with Crippen molar-refractivity contribution >= 4 is 23.1 Å². The largest absolute Gasteiger partial charge is 0.370 e. The molecule has 2 aromatic carbocycles. The van der Waals surface area contributed by atoms with Crippen LogP contribution in [0.1, 0.15) is 25.7 Å². The van der Waals surface area contributed by atoms with E-state index in [0.29, 0.717) is 5.95 Å². The second-order valence-corrected chi connectivity index (χ2v) is 7.96. The molecule has 0 bridgehead atoms. The zero-order valence-electron chi connectivity index (χ0n) is 18.0. The van der Waals surface area contributed by atoms with Gasteiger partial charge < -0.3 is 15.5 Å². The smallest absolute Gasteiger partial charge is 0.270 e. The third-order valence-electron chi connectivity index (χ3n) is 5.57. The first-order valence-corrected chi connectivity index (χ1v) is 11.1. The number of nitro groups is 1. The Kier molecular flexibility index (Phi) is 7.24. The molecule has 0 amide bonds. The van der Waals surface area contributed by atoms with Crippen LogP contribution in [0.3, 0.4) is 0 Å². The van der Waals surface area contributed by atoms with Gasteiger partial charge >= 0.3 is 0 Å². The van der Waals surface area contributed by atoms with Crippen LogP contribution in [0.25, 0.3) is 11.1 Å². The minimum absolute atomic E-state index is 0.0725. The average Bonchev–Trinajstić information content (AvgIpc) is 2.83. The van der Waals surface area contributed by atoms with Crippen molar-refractivity contribution in [3.63, 3.8) is 0 Å². The van der Waals surface area contributed by atoms with Crippen LogP contribution in [0.15, 0.2) is 60.8 Å². The van der Waals surface area contributed by atoms with E-state index >= 15 is 0 Å². The maximum atomic E-state index is 11.1. The molecule has 166 valence electrons. The van der Waals surface area contributed by atoms with Crippen molar-refractivity contribution in [1.29, 1.82) is 0 Å². The van der Waals surface area contributed by atoms with Crippen LogP contribution in [0, 0.1) is 10.1 Å². The number of likely N-dealkylation sites (tertiary alicyclic amines) is 1. The predicted octanol–water partition coefficient (Wildman–Crippen LogP) is 5.08. The summed E-state index contributed by atoms with van der Waals surface area (Å²) >= 11 is 0. The Hall–Kier alpha value is -3.52. The Morgan fingerprint density at radius 2 is 1.78 bits per heavy atom. The number of non-ortho nitro benzene ring substituents is 1. The normalized spacial score (nSPS) is 14.1. The minimum atomic E-state index is -0.384. The van der Waals surface area contributed by atoms with E-state index in [2.05, 4.69) is 25.5 Å². The van der Waals surface area contributed by atoms with Crippen LogP contribution >= 0.6 is 0 Å². The van der Waals surface area contributed by atoms with Crippen molar-refractivity contribution in [3.05, 3.63) is 70.9 Å². The first-order valence-electron chi connectivity index (χ1n) is 11.1. The summed E-state index contributed by atoms with van der Waals surface area (Å²) in [6.07, 6.45) is 6.80. The molecule has 0 atom stereocenters. The highest BCUT2D eigenvalue weighted by molar-refractivity contribution is 5.71. The first kappa shape index (κ1) is 21.7. The Morgan fingerprint density at radius 3 is 2.59 bits per heavy atom. The van der Waals surface area contributed by atoms with Crippen molar-refractivity contribution in [2.75, 3.05) is 36.8 Å². The molecule has 4 rings (SSSR count). The van der Waals surface area contributed by atoms with Crippen molar-refractivity contribution in [2.45, 2.75) is 25.7 Å². The molecule has 8 heteroatoms. The van der Waals surface area contributed by atoms with E-state index in [0.717, 1.165) is 42.1 Å². The summed E-state index contributed by atoms with van der Waals surface area (Å²) in [5, 5.41) is 17.7. The van der Waals surface area contributed by atoms with Crippen LogP contribution in [-0.4, -0.2) is 46.0 Å². The van der Waals surface area contributed by atoms with Gasteiger partial charge in [0.25, 0.3) is 5.69 Å². The monoisotopic (exact) mass is 432 g/mol. The molecular weight excluding hydrogens is 404 g/mol. The fourth-order valence-electron chi connectivity index (χ4n) is 3.92. The van der Waals surface area contributed by atoms with Gasteiger partial charge in [0.1, 0.15) is 5.82 Å². The van der Waals surface area contributed by atoms with Gasteiger partial charge in [0, 0.05) is 30.6 Å². The van der Waals surface area contributed by atoms with Crippen LogP contribution < -0.4 is 10.6 Å². The Morgan fingerprint density at radius 1 is 1.00 bits per heavy atom. The molecule has 3 aromatic rings. The van der Waals surface area contributed by atoms with Crippen LogP contribution in [0.4, 0.5) is 23.1 Å². The lowest BCUT2D eigenvalue weighted by atomic mass is 10.0. The molecule has 0 radical (unpaired) electrons. The van der Waals surface area contributed by atoms with E-state index < -0.39 is 0 Å². The van der Waals surface area contributed by atoms with Crippen molar-refractivity contribution in [1.82, 2.24) is 14.9 Å². The molecule has 1 aliphatic heterocycles. The molecule has 0 aliphatic carbocycles. The van der Waals surface area contributed by atoms with Crippen LogP contribution in [0.5, 0.6) is 0 Å². The Labute approximate surface area is 187 Å². The Balaban J connectivity index is 1.35. The minimum Gasteiger partial charge on any atom is -0.370 e. The molecule has 1 saturated heterocycles. The molecule has 8 nitrogen and oxygen atoms in total. The Bertz CT molecular complexity index is 1050. The number of anilines is 3. The van der Waals surface area contributed by atoms with Gasteiger partial charge in [-0.05, 0) is 68.2 Å². The molecule has 32 heavy (non-hydrogen) atoms. The van der Waals surface area contributed by atoms with Crippen molar-refractivity contribution in [2.24, 2.45) is 0 Å². The number of nitrogens with zero attached hydrogens (tertiary/aromatic N) is 4. The highest BCUT2D eigenvalue weighted by atomic mass is 16.6. The van der Waals surface area contributed by atoms with Crippen molar-refractivity contribution < 1.29 is 4.92 Å². The number of rotatable bonds is 9. The lowest BCUT2D eigenvalue weighted by molar-refractivity contribution is -0.384. The molecule has 2 heterocycles. The predicted molar refractivity (Wildman–Crippen MR) is 127 cm³/mol. The summed E-state index contributed by atoms with van der Waals surface area (Å²) in [5.41, 5.74) is 2.55. The molecule has 0 unspecified atom stereocenters. The molecule has 1 aliphatic rings. The number of nitro benzene ring substituents is 1. The highest BCUT2D eigenvalue weighted by Crippen LogP contribution is 2.27. The third-order valence-corrected chi connectivity index (χ3v) is 5.57. The topological polar surface area (TPSA) is 96.2 Å². The third kappa shape index (κ3) is 6.01. The molecule has 1 aromatic heterocycles. The van der Waals surface area contributed by atoms with Crippen LogP contribution in [-0.2, 0) is 0 Å². The molecule has 1 fully saturated rings. The van der Waals surface area contributed by atoms with Gasteiger partial charge in [0.2, 0.25) is 5.95 Å². The van der Waals surface area contributed by atoms with Gasteiger partial charge in [-0.25, -0.2) is 4.98 Å². The van der Waals surface area contributed by atoms with Gasteiger partial charge in [-0.1, -0.05) is 30.7 Å². The number of hydrogen-bond donors (Lipinski definition) is 2. The summed E-state index contributed by atoms with van der Waals surface area (Å²) in [4.78, 5) is 22.1. The summed E-state index contributed by atoms with van der Waals surface area (Å²) < 4.78 is 0. The molecule has 2 N–H and O–H groups in total. The van der Waals surface area contributed by atoms with Crippen LogP contribution in [0.2, 0.25) is 0 Å². The number of benzene rings is 2. The van der Waals surface area contributed by atoms with E-state index in [-0.39, 0.29) is 10.6 Å². The fourth-order valence-corrected chi connectivity index (χ4v) is 3.92. The lowest BCUT2D eigenvalue weighted by Crippen LogP contribution is -2.31. The van der Waals surface area contributed by atoms with E-state index in [1.807, 2.05) is 36.4 Å². The van der Waals surface area contributed by atoms with Gasteiger partial charge in [-0.15, -0.1) is 0 Å². The molecule has 0 saturated carbocycles.